The number of carbonyl (C=O) groups excluding carboxylic acids is 3. The molecule has 2 heterocycles. The molecule has 11 nitrogen and oxygen atoms in total. The largest absolute Gasteiger partial charge is 0.453 e. The molecule has 0 aliphatic carbocycles. The van der Waals surface area contributed by atoms with Crippen molar-refractivity contribution >= 4 is 29.4 Å². The highest BCUT2D eigenvalue weighted by molar-refractivity contribution is 7.09. The van der Waals surface area contributed by atoms with Crippen molar-refractivity contribution in [2.75, 3.05) is 7.11 Å². The summed E-state index contributed by atoms with van der Waals surface area (Å²) in [6.07, 6.45) is 1.71. The molecule has 4 N–H and O–H groups in total. The molecule has 0 fully saturated rings. The maximum atomic E-state index is 13.7. The molecule has 0 saturated carbocycles. The number of nitrogens with zero attached hydrogens (tertiary/aromatic N) is 2. The van der Waals surface area contributed by atoms with Crippen molar-refractivity contribution in [3.63, 3.8) is 0 Å². The molecular weight excluding hydrogens is 630 g/mol. The third kappa shape index (κ3) is 11.2. The van der Waals surface area contributed by atoms with Crippen LogP contribution in [-0.4, -0.2) is 64.5 Å². The van der Waals surface area contributed by atoms with Gasteiger partial charge in [0.25, 0.3) is 0 Å². The summed E-state index contributed by atoms with van der Waals surface area (Å²) in [5.41, 5.74) is 4.62. The van der Waals surface area contributed by atoms with E-state index in [1.54, 1.807) is 17.9 Å². The molecule has 2 aromatic heterocycles. The molecule has 0 radical (unpaired) electrons. The number of ether oxygens (including phenoxy) is 2. The van der Waals surface area contributed by atoms with E-state index < -0.39 is 47.7 Å². The third-order valence-electron chi connectivity index (χ3n) is 7.74. The lowest BCUT2D eigenvalue weighted by Crippen LogP contribution is -2.58. The minimum absolute atomic E-state index is 0.0681. The fourth-order valence-corrected chi connectivity index (χ4v) is 5.71. The second kappa shape index (κ2) is 17.4. The number of aliphatic hydroxyl groups excluding tert-OH is 1. The van der Waals surface area contributed by atoms with Crippen LogP contribution in [0.15, 0.2) is 90.7 Å². The van der Waals surface area contributed by atoms with Gasteiger partial charge in [0, 0.05) is 24.0 Å². The van der Waals surface area contributed by atoms with Gasteiger partial charge in [0.05, 0.1) is 35.3 Å². The Kier molecular flexibility index (Phi) is 13.0. The van der Waals surface area contributed by atoms with E-state index in [2.05, 4.69) is 25.9 Å². The van der Waals surface area contributed by atoms with Gasteiger partial charge in [-0.05, 0) is 47.9 Å². The lowest BCUT2D eigenvalue weighted by Gasteiger charge is -2.33. The molecule has 4 atom stereocenters. The topological polar surface area (TPSA) is 152 Å². The zero-order valence-electron chi connectivity index (χ0n) is 27.6. The Bertz CT molecular complexity index is 1580. The fourth-order valence-electron chi connectivity index (χ4n) is 5.21. The maximum absolute atomic E-state index is 13.7. The van der Waals surface area contributed by atoms with Crippen molar-refractivity contribution in [2.24, 2.45) is 5.41 Å². The van der Waals surface area contributed by atoms with Crippen LogP contribution in [0.2, 0.25) is 0 Å². The van der Waals surface area contributed by atoms with Crippen LogP contribution in [0.3, 0.4) is 0 Å². The van der Waals surface area contributed by atoms with Crippen LogP contribution in [0.5, 0.6) is 0 Å². The summed E-state index contributed by atoms with van der Waals surface area (Å²) >= 11 is 1.38. The van der Waals surface area contributed by atoms with Gasteiger partial charge < -0.3 is 30.5 Å². The van der Waals surface area contributed by atoms with Crippen LogP contribution in [-0.2, 0) is 33.7 Å². The summed E-state index contributed by atoms with van der Waals surface area (Å²) in [4.78, 5) is 48.0. The Morgan fingerprint density at radius 3 is 2.21 bits per heavy atom. The summed E-state index contributed by atoms with van der Waals surface area (Å²) in [5, 5.41) is 20.3. The van der Waals surface area contributed by atoms with Crippen molar-refractivity contribution in [1.29, 1.82) is 0 Å². The molecule has 0 aliphatic rings. The fraction of sp³-hybridized carbons (Fsp3) is 0.361. The van der Waals surface area contributed by atoms with Gasteiger partial charge >= 0.3 is 12.2 Å². The average molecular weight is 674 g/mol. The van der Waals surface area contributed by atoms with Crippen LogP contribution >= 0.6 is 11.3 Å². The number of nitrogens with one attached hydrogen (secondary N) is 3. The standard InChI is InChI=1S/C36H43N5O6S/c1-36(2,3)32(41-34(44)46-4)33(43)40-30(19-24-10-6-5-7-11-24)31(42)20-27(39-35(45)47-22-28-21-37-23-48-28)18-25-13-15-26(16-14-25)29-12-8-9-17-38-29/h5-17,21,23,27,30-32,42H,18-20,22H2,1-4H3,(H,39,45)(H,40,43)(H,41,44). The van der Waals surface area contributed by atoms with Crippen molar-refractivity contribution in [3.8, 4) is 11.3 Å². The van der Waals surface area contributed by atoms with Crippen molar-refractivity contribution < 1.29 is 29.0 Å². The van der Waals surface area contributed by atoms with Crippen LogP contribution in [0.25, 0.3) is 11.3 Å². The Balaban J connectivity index is 1.55. The molecule has 12 heteroatoms. The van der Waals surface area contributed by atoms with E-state index in [0.29, 0.717) is 12.8 Å². The van der Waals surface area contributed by atoms with Gasteiger partial charge in [-0.15, -0.1) is 11.3 Å². The van der Waals surface area contributed by atoms with E-state index in [9.17, 15) is 19.5 Å². The van der Waals surface area contributed by atoms with E-state index in [1.165, 1.54) is 18.4 Å². The summed E-state index contributed by atoms with van der Waals surface area (Å²) in [7, 11) is 1.23. The number of amides is 3. The summed E-state index contributed by atoms with van der Waals surface area (Å²) < 4.78 is 10.2. The molecule has 48 heavy (non-hydrogen) atoms. The second-order valence-corrected chi connectivity index (χ2v) is 13.5. The molecule has 0 saturated heterocycles. The van der Waals surface area contributed by atoms with E-state index in [1.807, 2.05) is 93.6 Å². The number of thiazole rings is 1. The average Bonchev–Trinajstić information content (AvgIpc) is 3.60. The first-order valence-corrected chi connectivity index (χ1v) is 16.6. The van der Waals surface area contributed by atoms with E-state index in [0.717, 1.165) is 27.3 Å². The molecule has 4 unspecified atom stereocenters. The van der Waals surface area contributed by atoms with Gasteiger partial charge in [0.2, 0.25) is 5.91 Å². The zero-order chi connectivity index (χ0) is 34.5. The molecular formula is C36H43N5O6S. The SMILES string of the molecule is COC(=O)NC(C(=O)NC(Cc1ccccc1)C(O)CC(Cc1ccc(-c2ccccn2)cc1)NC(=O)OCc1cncs1)C(C)(C)C. The van der Waals surface area contributed by atoms with Gasteiger partial charge in [0.1, 0.15) is 12.6 Å². The summed E-state index contributed by atoms with van der Waals surface area (Å²) in [5.74, 6) is -0.466. The highest BCUT2D eigenvalue weighted by Gasteiger charge is 2.36. The van der Waals surface area contributed by atoms with Crippen molar-refractivity contribution in [3.05, 3.63) is 107 Å². The Hall–Kier alpha value is -4.81. The first-order chi connectivity index (χ1) is 23.0. The number of aliphatic hydroxyl groups is 1. The summed E-state index contributed by atoms with van der Waals surface area (Å²) in [6, 6.07) is 20.8. The first-order valence-electron chi connectivity index (χ1n) is 15.7. The monoisotopic (exact) mass is 673 g/mol. The number of rotatable bonds is 14. The van der Waals surface area contributed by atoms with Gasteiger partial charge in [-0.1, -0.05) is 81.4 Å². The van der Waals surface area contributed by atoms with E-state index in [4.69, 9.17) is 9.47 Å². The van der Waals surface area contributed by atoms with Crippen LogP contribution in [0, 0.1) is 5.41 Å². The molecule has 0 spiro atoms. The lowest BCUT2D eigenvalue weighted by atomic mass is 9.85. The van der Waals surface area contributed by atoms with Gasteiger partial charge in [-0.2, -0.15) is 0 Å². The minimum Gasteiger partial charge on any atom is -0.453 e. The third-order valence-corrected chi connectivity index (χ3v) is 8.49. The molecule has 0 aliphatic heterocycles. The number of benzene rings is 2. The molecule has 254 valence electrons. The lowest BCUT2D eigenvalue weighted by molar-refractivity contribution is -0.127. The highest BCUT2D eigenvalue weighted by atomic mass is 32.1. The summed E-state index contributed by atoms with van der Waals surface area (Å²) in [6.45, 7) is 5.55. The number of hydrogen-bond acceptors (Lipinski definition) is 9. The Morgan fingerprint density at radius 1 is 0.875 bits per heavy atom. The number of alkyl carbamates (subject to hydrolysis) is 2. The van der Waals surface area contributed by atoms with Crippen molar-refractivity contribution in [1.82, 2.24) is 25.9 Å². The molecule has 4 aromatic rings. The number of carbonyl (C=O) groups is 3. The zero-order valence-corrected chi connectivity index (χ0v) is 28.4. The van der Waals surface area contributed by atoms with Crippen molar-refractivity contribution in [2.45, 2.75) is 70.9 Å². The van der Waals surface area contributed by atoms with Crippen LogP contribution in [0.1, 0.15) is 43.2 Å². The number of methoxy groups -OCH3 is 1. The Labute approximate surface area is 285 Å². The molecule has 2 aromatic carbocycles. The van der Waals surface area contributed by atoms with Gasteiger partial charge in [-0.25, -0.2) is 9.59 Å². The molecule has 3 amide bonds. The number of hydrogen-bond donors (Lipinski definition) is 4. The van der Waals surface area contributed by atoms with Gasteiger partial charge in [-0.3, -0.25) is 14.8 Å². The Morgan fingerprint density at radius 2 is 1.58 bits per heavy atom. The molecule has 0 bridgehead atoms. The van der Waals surface area contributed by atoms with Crippen LogP contribution in [0.4, 0.5) is 9.59 Å². The minimum atomic E-state index is -1.09. The normalized spacial score (nSPS) is 13.8. The van der Waals surface area contributed by atoms with E-state index in [-0.39, 0.29) is 13.0 Å². The first kappa shape index (κ1) is 36.0. The van der Waals surface area contributed by atoms with Gasteiger partial charge in [0.15, 0.2) is 0 Å². The number of pyridine rings is 1. The smallest absolute Gasteiger partial charge is 0.407 e. The van der Waals surface area contributed by atoms with E-state index >= 15 is 0 Å². The molecule has 4 rings (SSSR count). The second-order valence-electron chi connectivity index (χ2n) is 12.5. The predicted octanol–water partition coefficient (Wildman–Crippen LogP) is 5.29. The predicted molar refractivity (Wildman–Crippen MR) is 184 cm³/mol. The van der Waals surface area contributed by atoms with Crippen LogP contribution < -0.4 is 16.0 Å². The number of aromatic nitrogens is 2. The maximum Gasteiger partial charge on any atom is 0.407 e. The highest BCUT2D eigenvalue weighted by Crippen LogP contribution is 2.22. The quantitative estimate of drug-likeness (QED) is 0.141.